The minimum absolute atomic E-state index is 0.107. The van der Waals surface area contributed by atoms with Crippen molar-refractivity contribution in [1.82, 2.24) is 9.47 Å². The van der Waals surface area contributed by atoms with Gasteiger partial charge in [0.25, 0.3) is 5.56 Å². The number of likely N-dealkylation sites (tertiary alicyclic amines) is 1. The lowest BCUT2D eigenvalue weighted by atomic mass is 9.83. The Labute approximate surface area is 152 Å². The van der Waals surface area contributed by atoms with Crippen molar-refractivity contribution >= 4 is 23.0 Å². The zero-order valence-electron chi connectivity index (χ0n) is 14.1. The van der Waals surface area contributed by atoms with Gasteiger partial charge in [0, 0.05) is 37.3 Å². The number of fused-ring (bicyclic) bond motifs is 4. The van der Waals surface area contributed by atoms with Crippen LogP contribution in [0, 0.1) is 5.92 Å². The average molecular weight is 355 g/mol. The number of nitrogens with zero attached hydrogens (tertiary/aromatic N) is 2. The van der Waals surface area contributed by atoms with E-state index in [1.807, 2.05) is 34.9 Å². The molecule has 25 heavy (non-hydrogen) atoms. The van der Waals surface area contributed by atoms with Crippen molar-refractivity contribution in [2.45, 2.75) is 18.9 Å². The molecule has 130 valence electrons. The highest BCUT2D eigenvalue weighted by molar-refractivity contribution is 7.80. The Hall–Kier alpha value is -2.34. The van der Waals surface area contributed by atoms with Gasteiger partial charge in [0.1, 0.15) is 5.75 Å². The van der Waals surface area contributed by atoms with Crippen LogP contribution in [0.5, 0.6) is 5.75 Å². The molecule has 5 nitrogen and oxygen atoms in total. The maximum absolute atomic E-state index is 12.1. The fourth-order valence-corrected chi connectivity index (χ4v) is 4.26. The smallest absolute Gasteiger partial charge is 0.250 e. The van der Waals surface area contributed by atoms with Gasteiger partial charge < -0.3 is 19.5 Å². The van der Waals surface area contributed by atoms with Crippen LogP contribution in [0.15, 0.2) is 47.3 Å². The number of anilines is 1. The molecule has 0 spiro atoms. The molecule has 2 aromatic rings. The largest absolute Gasteiger partial charge is 0.495 e. The summed E-state index contributed by atoms with van der Waals surface area (Å²) in [4.78, 5) is 14.3. The van der Waals surface area contributed by atoms with Gasteiger partial charge in [-0.2, -0.15) is 0 Å². The van der Waals surface area contributed by atoms with Gasteiger partial charge in [0.15, 0.2) is 5.11 Å². The minimum Gasteiger partial charge on any atom is -0.495 e. The van der Waals surface area contributed by atoms with Crippen LogP contribution < -0.4 is 15.6 Å². The number of aromatic nitrogens is 1. The third-order valence-electron chi connectivity index (χ3n) is 5.12. The van der Waals surface area contributed by atoms with Crippen LogP contribution in [0.25, 0.3) is 0 Å². The van der Waals surface area contributed by atoms with E-state index in [-0.39, 0.29) is 5.56 Å². The highest BCUT2D eigenvalue weighted by Crippen LogP contribution is 2.35. The van der Waals surface area contributed by atoms with Crippen LogP contribution in [-0.4, -0.2) is 34.8 Å². The molecule has 2 aliphatic rings. The van der Waals surface area contributed by atoms with Crippen molar-refractivity contribution in [2.75, 3.05) is 25.5 Å². The zero-order valence-corrected chi connectivity index (χ0v) is 15.0. The number of nitrogens with one attached hydrogen (secondary N) is 1. The molecule has 0 saturated carbocycles. The number of piperidine rings is 1. The number of rotatable bonds is 2. The summed E-state index contributed by atoms with van der Waals surface area (Å²) in [5.74, 6) is 1.57. The quantitative estimate of drug-likeness (QED) is 0.840. The molecule has 1 fully saturated rings. The lowest BCUT2D eigenvalue weighted by molar-refractivity contribution is 0.180. The highest BCUT2D eigenvalue weighted by atomic mass is 32.1. The molecule has 1 saturated heterocycles. The molecule has 2 aliphatic heterocycles. The van der Waals surface area contributed by atoms with E-state index in [0.717, 1.165) is 43.2 Å². The van der Waals surface area contributed by atoms with Gasteiger partial charge in [-0.05, 0) is 42.8 Å². The van der Waals surface area contributed by atoms with Crippen molar-refractivity contribution in [2.24, 2.45) is 5.92 Å². The van der Waals surface area contributed by atoms with Gasteiger partial charge in [0.05, 0.1) is 12.8 Å². The zero-order chi connectivity index (χ0) is 17.4. The summed E-state index contributed by atoms with van der Waals surface area (Å²) < 4.78 is 7.33. The van der Waals surface area contributed by atoms with Gasteiger partial charge in [-0.1, -0.05) is 18.2 Å². The molecule has 2 atom stereocenters. The van der Waals surface area contributed by atoms with Crippen molar-refractivity contribution in [3.05, 3.63) is 58.5 Å². The summed E-state index contributed by atoms with van der Waals surface area (Å²) in [6.07, 6.45) is 1.12. The van der Waals surface area contributed by atoms with Crippen molar-refractivity contribution in [3.63, 3.8) is 0 Å². The van der Waals surface area contributed by atoms with Gasteiger partial charge in [-0.25, -0.2) is 0 Å². The third-order valence-corrected chi connectivity index (χ3v) is 5.48. The second-order valence-corrected chi connectivity index (χ2v) is 7.12. The normalized spacial score (nSPS) is 21.4. The molecule has 4 rings (SSSR count). The Kier molecular flexibility index (Phi) is 4.21. The van der Waals surface area contributed by atoms with Crippen molar-refractivity contribution in [3.8, 4) is 5.75 Å². The van der Waals surface area contributed by atoms with Crippen LogP contribution in [0.4, 0.5) is 5.69 Å². The van der Waals surface area contributed by atoms with E-state index in [0.29, 0.717) is 16.9 Å². The number of thiocarbonyl (C=S) groups is 1. The van der Waals surface area contributed by atoms with Gasteiger partial charge in [0.2, 0.25) is 0 Å². The summed E-state index contributed by atoms with van der Waals surface area (Å²) in [6.45, 7) is 2.48. The molecule has 0 radical (unpaired) electrons. The molecule has 1 aromatic carbocycles. The predicted octanol–water partition coefficient (Wildman–Crippen LogP) is 2.67. The van der Waals surface area contributed by atoms with Gasteiger partial charge >= 0.3 is 0 Å². The van der Waals surface area contributed by atoms with Crippen LogP contribution in [-0.2, 0) is 6.54 Å². The molecule has 1 N–H and O–H groups in total. The van der Waals surface area contributed by atoms with E-state index in [1.165, 1.54) is 0 Å². The van der Waals surface area contributed by atoms with Crippen LogP contribution >= 0.6 is 12.2 Å². The number of methoxy groups -OCH3 is 1. The maximum atomic E-state index is 12.1. The summed E-state index contributed by atoms with van der Waals surface area (Å²) in [7, 11) is 1.66. The van der Waals surface area contributed by atoms with E-state index in [2.05, 4.69) is 16.3 Å². The van der Waals surface area contributed by atoms with Gasteiger partial charge in [-0.15, -0.1) is 0 Å². The second-order valence-electron chi connectivity index (χ2n) is 6.73. The average Bonchev–Trinajstić information content (AvgIpc) is 2.63. The van der Waals surface area contributed by atoms with Gasteiger partial charge in [-0.3, -0.25) is 4.79 Å². The summed E-state index contributed by atoms with van der Waals surface area (Å²) in [6, 6.07) is 13.4. The first kappa shape index (κ1) is 16.1. The summed E-state index contributed by atoms with van der Waals surface area (Å²) >= 11 is 5.66. The van der Waals surface area contributed by atoms with Crippen molar-refractivity contribution < 1.29 is 4.74 Å². The van der Waals surface area contributed by atoms with E-state index in [9.17, 15) is 4.79 Å². The highest BCUT2D eigenvalue weighted by Gasteiger charge is 2.35. The van der Waals surface area contributed by atoms with Crippen LogP contribution in [0.1, 0.15) is 18.0 Å². The predicted molar refractivity (Wildman–Crippen MR) is 102 cm³/mol. The molecule has 6 heteroatoms. The Bertz CT molecular complexity index is 864. The number of hydrogen-bond acceptors (Lipinski definition) is 3. The molecule has 2 unspecified atom stereocenters. The fourth-order valence-electron chi connectivity index (χ4n) is 4.00. The lowest BCUT2D eigenvalue weighted by Gasteiger charge is -2.43. The number of para-hydroxylation sites is 2. The molecular weight excluding hydrogens is 334 g/mol. The molecule has 0 amide bonds. The Morgan fingerprint density at radius 3 is 2.84 bits per heavy atom. The first-order valence-electron chi connectivity index (χ1n) is 8.54. The van der Waals surface area contributed by atoms with E-state index in [1.54, 1.807) is 13.2 Å². The number of ether oxygens (including phenoxy) is 1. The second kappa shape index (κ2) is 6.52. The van der Waals surface area contributed by atoms with Crippen LogP contribution in [0.3, 0.4) is 0 Å². The Balaban J connectivity index is 1.54. The first-order valence-corrected chi connectivity index (χ1v) is 8.95. The first-order chi connectivity index (χ1) is 12.2. The summed E-state index contributed by atoms with van der Waals surface area (Å²) in [5.41, 5.74) is 2.12. The topological polar surface area (TPSA) is 46.5 Å². The Morgan fingerprint density at radius 1 is 1.16 bits per heavy atom. The molecule has 1 aromatic heterocycles. The monoisotopic (exact) mass is 355 g/mol. The van der Waals surface area contributed by atoms with E-state index in [4.69, 9.17) is 17.0 Å². The maximum Gasteiger partial charge on any atom is 0.250 e. The number of hydrogen-bond donors (Lipinski definition) is 1. The van der Waals surface area contributed by atoms with Crippen molar-refractivity contribution in [1.29, 1.82) is 0 Å². The standard InChI is InChI=1S/C19H21N3O2S/c1-24-17-7-3-2-5-15(17)20-19(25)21-10-13-9-14(12-21)16-6-4-8-18(23)22(16)11-13/h2-8,13-14H,9-12H2,1H3,(H,20,25). The van der Waals surface area contributed by atoms with E-state index < -0.39 is 0 Å². The number of pyridine rings is 1. The summed E-state index contributed by atoms with van der Waals surface area (Å²) in [5, 5.41) is 4.03. The third kappa shape index (κ3) is 3.02. The molecule has 0 aliphatic carbocycles. The molecule has 2 bridgehead atoms. The number of benzene rings is 1. The minimum atomic E-state index is 0.107. The molecular formula is C19H21N3O2S. The van der Waals surface area contributed by atoms with Crippen LogP contribution in [0.2, 0.25) is 0 Å². The SMILES string of the molecule is COc1ccccc1NC(=S)N1CC2CC(C1)c1cccc(=O)n1C2. The fraction of sp³-hybridized carbons (Fsp3) is 0.368. The van der Waals surface area contributed by atoms with E-state index >= 15 is 0 Å². The Morgan fingerprint density at radius 2 is 2.00 bits per heavy atom. The molecule has 3 heterocycles. The lowest BCUT2D eigenvalue weighted by Crippen LogP contribution is -2.50.